The highest BCUT2D eigenvalue weighted by Gasteiger charge is 2.32. The number of aliphatic hydroxyl groups is 1. The predicted octanol–water partition coefficient (Wildman–Crippen LogP) is 2.84. The van der Waals surface area contributed by atoms with Gasteiger partial charge in [-0.3, -0.25) is 4.79 Å². The zero-order valence-electron chi connectivity index (χ0n) is 17.0. The van der Waals surface area contributed by atoms with Crippen LogP contribution in [0.15, 0.2) is 24.3 Å². The fraction of sp³-hybridized carbons (Fsp3) is 0.619. The van der Waals surface area contributed by atoms with Gasteiger partial charge in [0.25, 0.3) is 0 Å². The number of amides is 2. The van der Waals surface area contributed by atoms with Gasteiger partial charge >= 0.3 is 6.09 Å². The Hall–Kier alpha value is -2.28. The molecule has 0 bridgehead atoms. The van der Waals surface area contributed by atoms with Crippen molar-refractivity contribution >= 4 is 23.4 Å². The minimum Gasteiger partial charge on any atom is -0.444 e. The summed E-state index contributed by atoms with van der Waals surface area (Å²) in [5.74, 6) is 0.0469. The first-order valence-corrected chi connectivity index (χ1v) is 10.0. The fourth-order valence-electron chi connectivity index (χ4n) is 3.72. The van der Waals surface area contributed by atoms with E-state index in [-0.39, 0.29) is 30.6 Å². The van der Waals surface area contributed by atoms with Gasteiger partial charge in [-0.25, -0.2) is 4.79 Å². The molecule has 154 valence electrons. The standard InChI is InChI=1S/C21H31N3O4/c1-21(2,3)28-20(27)23-10-8-16(9-11-23)22-17-6-4-5-7-18(17)24-13-15(14-25)12-19(24)26/h4-7,15-16,22,25H,8-14H2,1-3H3. The van der Waals surface area contributed by atoms with E-state index in [1.807, 2.05) is 45.0 Å². The van der Waals surface area contributed by atoms with Crippen molar-refractivity contribution < 1.29 is 19.4 Å². The van der Waals surface area contributed by atoms with E-state index in [9.17, 15) is 14.7 Å². The number of ether oxygens (including phenoxy) is 1. The van der Waals surface area contributed by atoms with Gasteiger partial charge in [0.05, 0.1) is 11.4 Å². The summed E-state index contributed by atoms with van der Waals surface area (Å²) in [5.41, 5.74) is 1.29. The Labute approximate surface area is 166 Å². The Balaban J connectivity index is 1.60. The molecule has 2 aliphatic heterocycles. The SMILES string of the molecule is CC(C)(C)OC(=O)N1CCC(Nc2ccccc2N2CC(CO)CC2=O)CC1. The van der Waals surface area contributed by atoms with Crippen molar-refractivity contribution in [2.24, 2.45) is 5.92 Å². The average molecular weight is 389 g/mol. The van der Waals surface area contributed by atoms with Crippen molar-refractivity contribution in [3.05, 3.63) is 24.3 Å². The number of carbonyl (C=O) groups is 2. The summed E-state index contributed by atoms with van der Waals surface area (Å²) in [4.78, 5) is 28.1. The molecule has 0 radical (unpaired) electrons. The smallest absolute Gasteiger partial charge is 0.410 e. The predicted molar refractivity (Wildman–Crippen MR) is 108 cm³/mol. The van der Waals surface area contributed by atoms with Crippen LogP contribution in [0.25, 0.3) is 0 Å². The quantitative estimate of drug-likeness (QED) is 0.828. The first-order chi connectivity index (χ1) is 13.3. The molecular formula is C21H31N3O4. The van der Waals surface area contributed by atoms with E-state index >= 15 is 0 Å². The molecule has 1 unspecified atom stereocenters. The van der Waals surface area contributed by atoms with E-state index in [1.165, 1.54) is 0 Å². The van der Waals surface area contributed by atoms with Crippen LogP contribution in [-0.2, 0) is 9.53 Å². The molecule has 0 aliphatic carbocycles. The van der Waals surface area contributed by atoms with Crippen molar-refractivity contribution in [1.82, 2.24) is 4.90 Å². The van der Waals surface area contributed by atoms with E-state index in [2.05, 4.69) is 5.32 Å². The molecule has 2 fully saturated rings. The van der Waals surface area contributed by atoms with Crippen LogP contribution in [0.5, 0.6) is 0 Å². The molecule has 28 heavy (non-hydrogen) atoms. The summed E-state index contributed by atoms with van der Waals surface area (Å²) in [5, 5.41) is 12.9. The van der Waals surface area contributed by atoms with Crippen molar-refractivity contribution in [3.8, 4) is 0 Å². The summed E-state index contributed by atoms with van der Waals surface area (Å²) in [6.07, 6.45) is 1.77. The van der Waals surface area contributed by atoms with Crippen molar-refractivity contribution in [2.45, 2.75) is 51.7 Å². The largest absolute Gasteiger partial charge is 0.444 e. The molecule has 3 rings (SSSR count). The number of hydrogen-bond acceptors (Lipinski definition) is 5. The van der Waals surface area contributed by atoms with Gasteiger partial charge in [0.1, 0.15) is 5.60 Å². The number of aliphatic hydroxyl groups excluding tert-OH is 1. The maximum absolute atomic E-state index is 12.3. The molecule has 2 N–H and O–H groups in total. The van der Waals surface area contributed by atoms with Crippen molar-refractivity contribution in [1.29, 1.82) is 0 Å². The number of nitrogens with zero attached hydrogens (tertiary/aromatic N) is 2. The van der Waals surface area contributed by atoms with Gasteiger partial charge < -0.3 is 25.0 Å². The number of likely N-dealkylation sites (tertiary alicyclic amines) is 1. The molecule has 7 heteroatoms. The highest BCUT2D eigenvalue weighted by Crippen LogP contribution is 2.32. The Kier molecular flexibility index (Phi) is 6.13. The second-order valence-corrected chi connectivity index (χ2v) is 8.66. The molecule has 0 saturated carbocycles. The van der Waals surface area contributed by atoms with Crippen LogP contribution in [0.2, 0.25) is 0 Å². The second-order valence-electron chi connectivity index (χ2n) is 8.66. The van der Waals surface area contributed by atoms with Crippen LogP contribution in [0, 0.1) is 5.92 Å². The summed E-state index contributed by atoms with van der Waals surface area (Å²) in [6, 6.07) is 8.02. The molecule has 2 heterocycles. The average Bonchev–Trinajstić information content (AvgIpc) is 3.02. The lowest BCUT2D eigenvalue weighted by molar-refractivity contribution is -0.117. The monoisotopic (exact) mass is 389 g/mol. The Morgan fingerprint density at radius 1 is 1.25 bits per heavy atom. The van der Waals surface area contributed by atoms with E-state index in [1.54, 1.807) is 9.80 Å². The minimum absolute atomic E-state index is 0.00220. The number of nitrogens with one attached hydrogen (secondary N) is 1. The number of piperidine rings is 1. The van der Waals surface area contributed by atoms with Gasteiger partial charge in [0, 0.05) is 44.6 Å². The molecule has 7 nitrogen and oxygen atoms in total. The third-order valence-corrected chi connectivity index (χ3v) is 5.16. The van der Waals surface area contributed by atoms with E-state index in [4.69, 9.17) is 4.74 Å². The lowest BCUT2D eigenvalue weighted by Crippen LogP contribution is -2.44. The van der Waals surface area contributed by atoms with Crippen LogP contribution >= 0.6 is 0 Å². The number of rotatable bonds is 4. The molecule has 2 aliphatic rings. The van der Waals surface area contributed by atoms with Crippen LogP contribution in [-0.4, -0.2) is 59.9 Å². The molecule has 0 aromatic heterocycles. The third kappa shape index (κ3) is 4.95. The fourth-order valence-corrected chi connectivity index (χ4v) is 3.72. The summed E-state index contributed by atoms with van der Waals surface area (Å²) < 4.78 is 5.45. The first kappa shape index (κ1) is 20.5. The normalized spacial score (nSPS) is 21.1. The highest BCUT2D eigenvalue weighted by molar-refractivity contribution is 5.98. The van der Waals surface area contributed by atoms with Gasteiger partial charge in [-0.05, 0) is 45.7 Å². The summed E-state index contributed by atoms with van der Waals surface area (Å²) in [6.45, 7) is 7.48. The van der Waals surface area contributed by atoms with Crippen LogP contribution in [0.1, 0.15) is 40.0 Å². The van der Waals surface area contributed by atoms with E-state index in [0.29, 0.717) is 26.1 Å². The summed E-state index contributed by atoms with van der Waals surface area (Å²) >= 11 is 0. The third-order valence-electron chi connectivity index (χ3n) is 5.16. The highest BCUT2D eigenvalue weighted by atomic mass is 16.6. The van der Waals surface area contributed by atoms with Gasteiger partial charge in [0.2, 0.25) is 5.91 Å². The lowest BCUT2D eigenvalue weighted by Gasteiger charge is -2.34. The molecule has 1 atom stereocenters. The minimum atomic E-state index is -0.486. The number of hydrogen-bond donors (Lipinski definition) is 2. The van der Waals surface area contributed by atoms with E-state index in [0.717, 1.165) is 24.2 Å². The molecular weight excluding hydrogens is 358 g/mol. The lowest BCUT2D eigenvalue weighted by atomic mass is 10.0. The Bertz CT molecular complexity index is 708. The Morgan fingerprint density at radius 3 is 2.54 bits per heavy atom. The van der Waals surface area contributed by atoms with Crippen LogP contribution in [0.3, 0.4) is 0 Å². The molecule has 2 amide bonds. The number of benzene rings is 1. The van der Waals surface area contributed by atoms with E-state index < -0.39 is 5.60 Å². The Morgan fingerprint density at radius 2 is 1.93 bits per heavy atom. The van der Waals surface area contributed by atoms with Crippen molar-refractivity contribution in [3.63, 3.8) is 0 Å². The molecule has 1 aromatic rings. The maximum atomic E-state index is 12.3. The molecule has 2 saturated heterocycles. The van der Waals surface area contributed by atoms with Gasteiger partial charge in [-0.15, -0.1) is 0 Å². The maximum Gasteiger partial charge on any atom is 0.410 e. The topological polar surface area (TPSA) is 82.1 Å². The zero-order chi connectivity index (χ0) is 20.3. The van der Waals surface area contributed by atoms with Gasteiger partial charge in [0.15, 0.2) is 0 Å². The van der Waals surface area contributed by atoms with Gasteiger partial charge in [-0.1, -0.05) is 12.1 Å². The zero-order valence-corrected chi connectivity index (χ0v) is 17.0. The molecule has 0 spiro atoms. The van der Waals surface area contributed by atoms with Gasteiger partial charge in [-0.2, -0.15) is 0 Å². The van der Waals surface area contributed by atoms with Crippen LogP contribution in [0.4, 0.5) is 16.2 Å². The number of carbonyl (C=O) groups excluding carboxylic acids is 2. The molecule has 1 aromatic carbocycles. The summed E-state index contributed by atoms with van der Waals surface area (Å²) in [7, 11) is 0. The first-order valence-electron chi connectivity index (χ1n) is 10.0. The number of anilines is 2. The second kappa shape index (κ2) is 8.39. The van der Waals surface area contributed by atoms with Crippen LogP contribution < -0.4 is 10.2 Å². The number of para-hydroxylation sites is 2. The van der Waals surface area contributed by atoms with Crippen molar-refractivity contribution in [2.75, 3.05) is 36.5 Å².